The highest BCUT2D eigenvalue weighted by Crippen LogP contribution is 2.18. The van der Waals surface area contributed by atoms with Crippen molar-refractivity contribution in [3.63, 3.8) is 0 Å². The largest absolute Gasteiger partial charge is 0.452 e. The average molecular weight is 422 g/mol. The van der Waals surface area contributed by atoms with E-state index < -0.39 is 5.97 Å². The second-order valence-electron chi connectivity index (χ2n) is 7.31. The Balaban J connectivity index is 1.30. The summed E-state index contributed by atoms with van der Waals surface area (Å²) in [5.74, 6) is -1.08. The first-order valence-corrected chi connectivity index (χ1v) is 10.1. The van der Waals surface area contributed by atoms with Gasteiger partial charge >= 0.3 is 5.97 Å². The minimum absolute atomic E-state index is 0.236. The summed E-state index contributed by atoms with van der Waals surface area (Å²) < 4.78 is 20.0. The molecule has 1 saturated heterocycles. The van der Waals surface area contributed by atoms with E-state index in [1.165, 1.54) is 18.3 Å². The molecule has 0 saturated carbocycles. The quantitative estimate of drug-likeness (QED) is 0.592. The fourth-order valence-electron chi connectivity index (χ4n) is 3.60. The van der Waals surface area contributed by atoms with Crippen molar-refractivity contribution in [2.24, 2.45) is 0 Å². The van der Waals surface area contributed by atoms with E-state index in [9.17, 15) is 14.0 Å². The number of benzene rings is 2. The molecule has 0 unspecified atom stereocenters. The number of piperazine rings is 1. The number of esters is 1. The van der Waals surface area contributed by atoms with Crippen LogP contribution in [0.5, 0.6) is 0 Å². The zero-order valence-corrected chi connectivity index (χ0v) is 17.2. The van der Waals surface area contributed by atoms with Gasteiger partial charge in [-0.3, -0.25) is 4.79 Å². The third-order valence-corrected chi connectivity index (χ3v) is 5.38. The van der Waals surface area contributed by atoms with Gasteiger partial charge in [-0.25, -0.2) is 13.9 Å². The van der Waals surface area contributed by atoms with Crippen molar-refractivity contribution in [1.29, 1.82) is 0 Å². The zero-order valence-electron chi connectivity index (χ0n) is 17.2. The SMILES string of the molecule is Cc1c(C(=O)OCC(=O)N2CCN(c3ccc(F)cc3)CC2)cnn1-c1ccccc1. The standard InChI is InChI=1S/C23H23FN4O3/c1-17-21(15-25-28(17)20-5-3-2-4-6-20)23(30)31-16-22(29)27-13-11-26(12-14-27)19-9-7-18(24)8-10-19/h2-10,15H,11-14,16H2,1H3. The van der Waals surface area contributed by atoms with Crippen molar-refractivity contribution in [1.82, 2.24) is 14.7 Å². The lowest BCUT2D eigenvalue weighted by Gasteiger charge is -2.36. The summed E-state index contributed by atoms with van der Waals surface area (Å²) in [6, 6.07) is 15.8. The number of carbonyl (C=O) groups is 2. The molecule has 2 heterocycles. The van der Waals surface area contributed by atoms with E-state index in [2.05, 4.69) is 10.00 Å². The van der Waals surface area contributed by atoms with Crippen molar-refractivity contribution < 1.29 is 18.7 Å². The van der Waals surface area contributed by atoms with Crippen LogP contribution < -0.4 is 4.90 Å². The van der Waals surface area contributed by atoms with Crippen LogP contribution >= 0.6 is 0 Å². The van der Waals surface area contributed by atoms with Crippen LogP contribution in [0, 0.1) is 12.7 Å². The molecule has 2 aromatic carbocycles. The first-order chi connectivity index (χ1) is 15.0. The lowest BCUT2D eigenvalue weighted by molar-refractivity contribution is -0.134. The first-order valence-electron chi connectivity index (χ1n) is 10.1. The monoisotopic (exact) mass is 422 g/mol. The Bertz CT molecular complexity index is 1060. The minimum Gasteiger partial charge on any atom is -0.452 e. The van der Waals surface area contributed by atoms with E-state index in [1.54, 1.807) is 28.6 Å². The Kier molecular flexibility index (Phi) is 5.97. The minimum atomic E-state index is -0.571. The van der Waals surface area contributed by atoms with Gasteiger partial charge in [0.2, 0.25) is 0 Å². The lowest BCUT2D eigenvalue weighted by atomic mass is 10.2. The Morgan fingerprint density at radius 3 is 2.32 bits per heavy atom. The van der Waals surface area contributed by atoms with Gasteiger partial charge < -0.3 is 14.5 Å². The number of aromatic nitrogens is 2. The van der Waals surface area contributed by atoms with Crippen LogP contribution in [0.25, 0.3) is 5.69 Å². The highest BCUT2D eigenvalue weighted by atomic mass is 19.1. The summed E-state index contributed by atoms with van der Waals surface area (Å²) in [7, 11) is 0. The lowest BCUT2D eigenvalue weighted by Crippen LogP contribution is -2.49. The van der Waals surface area contributed by atoms with Crippen molar-refractivity contribution in [3.8, 4) is 5.69 Å². The van der Waals surface area contributed by atoms with E-state index in [1.807, 2.05) is 30.3 Å². The highest BCUT2D eigenvalue weighted by Gasteiger charge is 2.23. The average Bonchev–Trinajstić information content (AvgIpc) is 3.20. The molecule has 31 heavy (non-hydrogen) atoms. The van der Waals surface area contributed by atoms with Gasteiger partial charge in [0.05, 0.1) is 17.6 Å². The second kappa shape index (κ2) is 8.99. The van der Waals surface area contributed by atoms with Gasteiger partial charge in [0.15, 0.2) is 6.61 Å². The summed E-state index contributed by atoms with van der Waals surface area (Å²) >= 11 is 0. The molecule has 0 N–H and O–H groups in total. The van der Waals surface area contributed by atoms with Crippen molar-refractivity contribution >= 4 is 17.6 Å². The van der Waals surface area contributed by atoms with Crippen LogP contribution in [0.2, 0.25) is 0 Å². The number of nitrogens with zero attached hydrogens (tertiary/aromatic N) is 4. The Morgan fingerprint density at radius 1 is 0.968 bits per heavy atom. The molecule has 1 aliphatic heterocycles. The van der Waals surface area contributed by atoms with E-state index in [4.69, 9.17) is 4.74 Å². The third kappa shape index (κ3) is 4.58. The molecule has 0 radical (unpaired) electrons. The predicted molar refractivity (Wildman–Crippen MR) is 114 cm³/mol. The summed E-state index contributed by atoms with van der Waals surface area (Å²) in [5, 5.41) is 4.26. The molecule has 1 amide bonds. The summed E-state index contributed by atoms with van der Waals surface area (Å²) in [4.78, 5) is 28.7. The van der Waals surface area contributed by atoms with Crippen LogP contribution in [0.15, 0.2) is 60.8 Å². The van der Waals surface area contributed by atoms with Crippen LogP contribution in [0.1, 0.15) is 16.1 Å². The molecular weight excluding hydrogens is 399 g/mol. The van der Waals surface area contributed by atoms with Gasteiger partial charge in [0, 0.05) is 31.9 Å². The van der Waals surface area contributed by atoms with E-state index in [0.29, 0.717) is 37.4 Å². The van der Waals surface area contributed by atoms with Crippen LogP contribution in [-0.4, -0.2) is 59.3 Å². The smallest absolute Gasteiger partial charge is 0.342 e. The highest BCUT2D eigenvalue weighted by molar-refractivity contribution is 5.92. The maximum atomic E-state index is 13.1. The maximum absolute atomic E-state index is 13.1. The predicted octanol–water partition coefficient (Wildman–Crippen LogP) is 2.83. The van der Waals surface area contributed by atoms with Gasteiger partial charge in [-0.05, 0) is 43.3 Å². The van der Waals surface area contributed by atoms with Crippen LogP contribution in [0.3, 0.4) is 0 Å². The number of rotatable bonds is 5. The summed E-state index contributed by atoms with van der Waals surface area (Å²) in [6.45, 7) is 3.76. The Labute approximate surface area is 179 Å². The van der Waals surface area contributed by atoms with Crippen LogP contribution in [0.4, 0.5) is 10.1 Å². The van der Waals surface area contributed by atoms with E-state index >= 15 is 0 Å². The molecule has 1 aliphatic rings. The molecule has 0 aliphatic carbocycles. The molecular formula is C23H23FN4O3. The van der Waals surface area contributed by atoms with Crippen molar-refractivity contribution in [2.75, 3.05) is 37.7 Å². The topological polar surface area (TPSA) is 67.7 Å². The number of hydrogen-bond donors (Lipinski definition) is 0. The normalized spacial score (nSPS) is 13.9. The number of carbonyl (C=O) groups excluding carboxylic acids is 2. The number of para-hydroxylation sites is 1. The van der Waals surface area contributed by atoms with Crippen LogP contribution in [-0.2, 0) is 9.53 Å². The van der Waals surface area contributed by atoms with E-state index in [-0.39, 0.29) is 18.3 Å². The summed E-state index contributed by atoms with van der Waals surface area (Å²) in [5.41, 5.74) is 2.74. The molecule has 160 valence electrons. The Morgan fingerprint density at radius 2 is 1.65 bits per heavy atom. The molecule has 1 fully saturated rings. The molecule has 1 aromatic heterocycles. The number of halogens is 1. The molecule has 0 bridgehead atoms. The molecule has 0 spiro atoms. The number of amides is 1. The molecule has 0 atom stereocenters. The number of anilines is 1. The molecule has 4 rings (SSSR count). The number of hydrogen-bond acceptors (Lipinski definition) is 5. The van der Waals surface area contributed by atoms with Gasteiger partial charge in [-0.2, -0.15) is 5.10 Å². The fraction of sp³-hybridized carbons (Fsp3) is 0.261. The van der Waals surface area contributed by atoms with Gasteiger partial charge in [-0.15, -0.1) is 0 Å². The number of ether oxygens (including phenoxy) is 1. The maximum Gasteiger partial charge on any atom is 0.342 e. The Hall–Kier alpha value is -3.68. The second-order valence-corrected chi connectivity index (χ2v) is 7.31. The third-order valence-electron chi connectivity index (χ3n) is 5.38. The van der Waals surface area contributed by atoms with E-state index in [0.717, 1.165) is 11.4 Å². The van der Waals surface area contributed by atoms with Gasteiger partial charge in [0.1, 0.15) is 11.4 Å². The molecule has 8 heteroatoms. The van der Waals surface area contributed by atoms with Crippen molar-refractivity contribution in [3.05, 3.63) is 77.9 Å². The zero-order chi connectivity index (χ0) is 21.8. The molecule has 7 nitrogen and oxygen atoms in total. The summed E-state index contributed by atoms with van der Waals surface area (Å²) in [6.07, 6.45) is 1.45. The van der Waals surface area contributed by atoms with Gasteiger partial charge in [-0.1, -0.05) is 18.2 Å². The van der Waals surface area contributed by atoms with Crippen molar-refractivity contribution in [2.45, 2.75) is 6.92 Å². The first kappa shape index (κ1) is 20.6. The fourth-order valence-corrected chi connectivity index (χ4v) is 3.60. The van der Waals surface area contributed by atoms with Gasteiger partial charge in [0.25, 0.3) is 5.91 Å². The molecule has 3 aromatic rings.